The van der Waals surface area contributed by atoms with Crippen molar-refractivity contribution in [3.63, 3.8) is 0 Å². The molecule has 25 heavy (non-hydrogen) atoms. The average Bonchev–Trinajstić information content (AvgIpc) is 3.06. The fourth-order valence-electron chi connectivity index (χ4n) is 2.99. The minimum atomic E-state index is -3.51. The maximum atomic E-state index is 12.8. The summed E-state index contributed by atoms with van der Waals surface area (Å²) in [6.45, 7) is 3.67. The van der Waals surface area contributed by atoms with Crippen LogP contribution in [0.25, 0.3) is 16.9 Å². The Labute approximate surface area is 146 Å². The predicted octanol–water partition coefficient (Wildman–Crippen LogP) is 2.33. The van der Waals surface area contributed by atoms with Gasteiger partial charge < -0.3 is 9.14 Å². The van der Waals surface area contributed by atoms with E-state index >= 15 is 0 Å². The number of nitrogens with zero attached hydrogens (tertiary/aromatic N) is 3. The smallest absolute Gasteiger partial charge is 0.243 e. The van der Waals surface area contributed by atoms with Crippen LogP contribution in [0.4, 0.5) is 0 Å². The Bertz CT molecular complexity index is 1020. The third kappa shape index (κ3) is 3.06. The molecule has 2 aromatic heterocycles. The van der Waals surface area contributed by atoms with Crippen LogP contribution >= 0.6 is 0 Å². The molecule has 7 heteroatoms. The predicted molar refractivity (Wildman–Crippen MR) is 94.9 cm³/mol. The standard InChI is InChI=1S/C18H19N3O3S/c1-14-5-6-18-19-17(13-20(18)12-14)15-3-2-4-16(11-15)25(22,23)21-7-9-24-10-8-21/h2-6,11-13H,7-10H2,1H3. The SMILES string of the molecule is Cc1ccc2nc(-c3cccc(S(=O)(=O)N4CCOCC4)c3)cn2c1. The first kappa shape index (κ1) is 16.3. The molecule has 4 rings (SSSR count). The summed E-state index contributed by atoms with van der Waals surface area (Å²) in [6.07, 6.45) is 3.92. The normalized spacial score (nSPS) is 16.4. The van der Waals surface area contributed by atoms with Crippen molar-refractivity contribution in [2.24, 2.45) is 0 Å². The highest BCUT2D eigenvalue weighted by molar-refractivity contribution is 7.89. The molecular weight excluding hydrogens is 338 g/mol. The molecule has 0 unspecified atom stereocenters. The Morgan fingerprint density at radius 1 is 1.08 bits per heavy atom. The number of morpholine rings is 1. The average molecular weight is 357 g/mol. The molecule has 6 nitrogen and oxygen atoms in total. The van der Waals surface area contributed by atoms with E-state index < -0.39 is 10.0 Å². The van der Waals surface area contributed by atoms with Gasteiger partial charge in [0.05, 0.1) is 23.8 Å². The Kier molecular flexibility index (Phi) is 4.07. The van der Waals surface area contributed by atoms with Crippen LogP contribution in [0.5, 0.6) is 0 Å². The first-order chi connectivity index (χ1) is 12.0. The largest absolute Gasteiger partial charge is 0.379 e. The van der Waals surface area contributed by atoms with Gasteiger partial charge in [-0.15, -0.1) is 0 Å². The van der Waals surface area contributed by atoms with E-state index in [1.54, 1.807) is 18.2 Å². The summed E-state index contributed by atoms with van der Waals surface area (Å²) in [4.78, 5) is 4.89. The summed E-state index contributed by atoms with van der Waals surface area (Å²) < 4.78 is 34.3. The lowest BCUT2D eigenvalue weighted by Gasteiger charge is -2.26. The molecule has 3 aromatic rings. The minimum absolute atomic E-state index is 0.292. The molecule has 1 aliphatic heterocycles. The van der Waals surface area contributed by atoms with E-state index in [-0.39, 0.29) is 0 Å². The van der Waals surface area contributed by atoms with Gasteiger partial charge in [0.25, 0.3) is 0 Å². The van der Waals surface area contributed by atoms with Crippen LogP contribution in [-0.4, -0.2) is 48.4 Å². The quantitative estimate of drug-likeness (QED) is 0.722. The van der Waals surface area contributed by atoms with Crippen LogP contribution in [-0.2, 0) is 14.8 Å². The van der Waals surface area contributed by atoms with Crippen LogP contribution in [0.2, 0.25) is 0 Å². The number of ether oxygens (including phenoxy) is 1. The maximum Gasteiger partial charge on any atom is 0.243 e. The number of sulfonamides is 1. The number of pyridine rings is 1. The first-order valence-electron chi connectivity index (χ1n) is 8.18. The van der Waals surface area contributed by atoms with Crippen molar-refractivity contribution in [1.82, 2.24) is 13.7 Å². The number of hydrogen-bond donors (Lipinski definition) is 0. The van der Waals surface area contributed by atoms with Gasteiger partial charge in [-0.25, -0.2) is 13.4 Å². The van der Waals surface area contributed by atoms with Crippen LogP contribution in [0.1, 0.15) is 5.56 Å². The second-order valence-electron chi connectivity index (χ2n) is 6.14. The zero-order valence-corrected chi connectivity index (χ0v) is 14.7. The van der Waals surface area contributed by atoms with Crippen molar-refractivity contribution in [2.75, 3.05) is 26.3 Å². The summed E-state index contributed by atoms with van der Waals surface area (Å²) in [5, 5.41) is 0. The molecule has 0 atom stereocenters. The monoisotopic (exact) mass is 357 g/mol. The third-order valence-electron chi connectivity index (χ3n) is 4.34. The lowest BCUT2D eigenvalue weighted by atomic mass is 10.2. The Morgan fingerprint density at radius 2 is 1.88 bits per heavy atom. The summed E-state index contributed by atoms with van der Waals surface area (Å²) in [6, 6.07) is 10.9. The molecule has 1 fully saturated rings. The van der Waals surface area contributed by atoms with Gasteiger partial charge in [0.1, 0.15) is 5.65 Å². The lowest BCUT2D eigenvalue weighted by molar-refractivity contribution is 0.0730. The third-order valence-corrected chi connectivity index (χ3v) is 6.23. The number of aryl methyl sites for hydroxylation is 1. The molecule has 1 aliphatic rings. The van der Waals surface area contributed by atoms with Crippen molar-refractivity contribution in [1.29, 1.82) is 0 Å². The molecular formula is C18H19N3O3S. The highest BCUT2D eigenvalue weighted by atomic mass is 32.2. The maximum absolute atomic E-state index is 12.8. The molecule has 0 saturated carbocycles. The minimum Gasteiger partial charge on any atom is -0.379 e. The highest BCUT2D eigenvalue weighted by Gasteiger charge is 2.26. The van der Waals surface area contributed by atoms with Crippen LogP contribution < -0.4 is 0 Å². The molecule has 0 spiro atoms. The lowest BCUT2D eigenvalue weighted by Crippen LogP contribution is -2.40. The Morgan fingerprint density at radius 3 is 2.68 bits per heavy atom. The van der Waals surface area contributed by atoms with Gasteiger partial charge in [0.2, 0.25) is 10.0 Å². The molecule has 130 valence electrons. The molecule has 0 amide bonds. The number of rotatable bonds is 3. The fourth-order valence-corrected chi connectivity index (χ4v) is 4.45. The van der Waals surface area contributed by atoms with Crippen molar-refractivity contribution in [3.05, 3.63) is 54.4 Å². The molecule has 0 N–H and O–H groups in total. The van der Waals surface area contributed by atoms with E-state index in [4.69, 9.17) is 4.74 Å². The number of aromatic nitrogens is 2. The van der Waals surface area contributed by atoms with E-state index in [2.05, 4.69) is 4.98 Å². The van der Waals surface area contributed by atoms with E-state index in [1.165, 1.54) is 4.31 Å². The van der Waals surface area contributed by atoms with Gasteiger partial charge in [-0.1, -0.05) is 18.2 Å². The van der Waals surface area contributed by atoms with Crippen LogP contribution in [0.15, 0.2) is 53.7 Å². The molecule has 0 aliphatic carbocycles. The van der Waals surface area contributed by atoms with Gasteiger partial charge in [-0.3, -0.25) is 0 Å². The van der Waals surface area contributed by atoms with Crippen molar-refractivity contribution in [2.45, 2.75) is 11.8 Å². The number of hydrogen-bond acceptors (Lipinski definition) is 4. The van der Waals surface area contributed by atoms with Gasteiger partial charge >= 0.3 is 0 Å². The highest BCUT2D eigenvalue weighted by Crippen LogP contribution is 2.25. The first-order valence-corrected chi connectivity index (χ1v) is 9.62. The summed E-state index contributed by atoms with van der Waals surface area (Å²) >= 11 is 0. The summed E-state index contributed by atoms with van der Waals surface area (Å²) in [7, 11) is -3.51. The number of imidazole rings is 1. The van der Waals surface area contributed by atoms with Gasteiger partial charge in [0.15, 0.2) is 0 Å². The van der Waals surface area contributed by atoms with E-state index in [1.807, 2.05) is 41.9 Å². The Hall–Kier alpha value is -2.22. The van der Waals surface area contributed by atoms with Gasteiger partial charge in [0, 0.05) is 31.0 Å². The molecule has 0 radical (unpaired) electrons. The second-order valence-corrected chi connectivity index (χ2v) is 8.08. The van der Waals surface area contributed by atoms with Crippen molar-refractivity contribution >= 4 is 15.7 Å². The number of fused-ring (bicyclic) bond motifs is 1. The van der Waals surface area contributed by atoms with Crippen molar-refractivity contribution in [3.8, 4) is 11.3 Å². The van der Waals surface area contributed by atoms with Crippen LogP contribution in [0.3, 0.4) is 0 Å². The van der Waals surface area contributed by atoms with E-state index in [0.29, 0.717) is 31.2 Å². The zero-order valence-electron chi connectivity index (χ0n) is 13.9. The summed E-state index contributed by atoms with van der Waals surface area (Å²) in [5.41, 5.74) is 3.52. The zero-order chi connectivity index (χ0) is 17.4. The molecule has 3 heterocycles. The second kappa shape index (κ2) is 6.25. The molecule has 1 saturated heterocycles. The van der Waals surface area contributed by atoms with Gasteiger partial charge in [-0.05, 0) is 30.7 Å². The topological polar surface area (TPSA) is 63.9 Å². The Balaban J connectivity index is 1.73. The summed E-state index contributed by atoms with van der Waals surface area (Å²) in [5.74, 6) is 0. The molecule has 1 aromatic carbocycles. The van der Waals surface area contributed by atoms with E-state index in [9.17, 15) is 8.42 Å². The van der Waals surface area contributed by atoms with Crippen LogP contribution in [0, 0.1) is 6.92 Å². The number of benzene rings is 1. The fraction of sp³-hybridized carbons (Fsp3) is 0.278. The molecule has 0 bridgehead atoms. The van der Waals surface area contributed by atoms with E-state index in [0.717, 1.165) is 22.5 Å². The van der Waals surface area contributed by atoms with Gasteiger partial charge in [-0.2, -0.15) is 4.31 Å². The van der Waals surface area contributed by atoms with Crippen molar-refractivity contribution < 1.29 is 13.2 Å².